The molecular weight excluding hydrogens is 268 g/mol. The van der Waals surface area contributed by atoms with Crippen LogP contribution in [0.2, 0.25) is 0 Å². The fourth-order valence-corrected chi connectivity index (χ4v) is 1.77. The largest absolute Gasteiger partial charge is 0.370 e. The summed E-state index contributed by atoms with van der Waals surface area (Å²) in [6.45, 7) is 0.834. The topological polar surface area (TPSA) is 42.7 Å². The van der Waals surface area contributed by atoms with Crippen LogP contribution in [-0.2, 0) is 13.5 Å². The van der Waals surface area contributed by atoms with E-state index >= 15 is 0 Å². The Morgan fingerprint density at radius 2 is 2.25 bits per heavy atom. The number of nitrogens with one attached hydrogen (secondary N) is 1. The van der Waals surface area contributed by atoms with Crippen molar-refractivity contribution in [2.75, 3.05) is 11.9 Å². The fraction of sp³-hybridized carbons (Fsp3) is 0.273. The maximum absolute atomic E-state index is 4.31. The first-order valence-electron chi connectivity index (χ1n) is 5.09. The fourth-order valence-electron chi connectivity index (χ4n) is 1.42. The van der Waals surface area contributed by atoms with E-state index in [-0.39, 0.29) is 0 Å². The van der Waals surface area contributed by atoms with Gasteiger partial charge in [-0.3, -0.25) is 4.68 Å². The van der Waals surface area contributed by atoms with Crippen LogP contribution < -0.4 is 5.32 Å². The molecule has 0 fully saturated rings. The summed E-state index contributed by atoms with van der Waals surface area (Å²) in [5.41, 5.74) is 1.09. The zero-order valence-corrected chi connectivity index (χ0v) is 10.6. The average Bonchev–Trinajstić information content (AvgIpc) is 2.64. The Hall–Kier alpha value is -1.36. The molecule has 0 amide bonds. The van der Waals surface area contributed by atoms with Crippen molar-refractivity contribution >= 4 is 21.7 Å². The molecule has 0 atom stereocenters. The van der Waals surface area contributed by atoms with Crippen LogP contribution in [0.4, 0.5) is 5.82 Å². The van der Waals surface area contributed by atoms with Gasteiger partial charge in [0.1, 0.15) is 10.4 Å². The van der Waals surface area contributed by atoms with Crippen molar-refractivity contribution in [3.63, 3.8) is 0 Å². The van der Waals surface area contributed by atoms with E-state index < -0.39 is 0 Å². The van der Waals surface area contributed by atoms with Crippen LogP contribution in [0.15, 0.2) is 35.1 Å². The lowest BCUT2D eigenvalue weighted by Gasteiger charge is -2.03. The SMILES string of the molecule is Cn1ccc(CCNc2cccc(Br)n2)n1. The van der Waals surface area contributed by atoms with Crippen LogP contribution in [0.1, 0.15) is 5.69 Å². The van der Waals surface area contributed by atoms with Crippen molar-refractivity contribution in [3.8, 4) is 0 Å². The lowest BCUT2D eigenvalue weighted by molar-refractivity contribution is 0.742. The minimum Gasteiger partial charge on any atom is -0.370 e. The molecule has 0 aliphatic carbocycles. The molecule has 2 heterocycles. The Bertz CT molecular complexity index is 467. The Morgan fingerprint density at radius 1 is 1.38 bits per heavy atom. The molecule has 2 aromatic heterocycles. The summed E-state index contributed by atoms with van der Waals surface area (Å²) in [4.78, 5) is 4.29. The third-order valence-electron chi connectivity index (χ3n) is 2.17. The first-order valence-corrected chi connectivity index (χ1v) is 5.88. The first-order chi connectivity index (χ1) is 7.74. The van der Waals surface area contributed by atoms with E-state index in [1.165, 1.54) is 0 Å². The highest BCUT2D eigenvalue weighted by atomic mass is 79.9. The molecule has 4 nitrogen and oxygen atoms in total. The number of nitrogens with zero attached hydrogens (tertiary/aromatic N) is 3. The van der Waals surface area contributed by atoms with Gasteiger partial charge < -0.3 is 5.32 Å². The van der Waals surface area contributed by atoms with Crippen LogP contribution in [-0.4, -0.2) is 21.3 Å². The highest BCUT2D eigenvalue weighted by molar-refractivity contribution is 9.10. The van der Waals surface area contributed by atoms with E-state index in [1.54, 1.807) is 0 Å². The quantitative estimate of drug-likeness (QED) is 0.874. The van der Waals surface area contributed by atoms with E-state index in [0.29, 0.717) is 0 Å². The minimum atomic E-state index is 0.834. The molecule has 1 N–H and O–H groups in total. The minimum absolute atomic E-state index is 0.834. The van der Waals surface area contributed by atoms with Gasteiger partial charge in [0.05, 0.1) is 5.69 Å². The number of halogens is 1. The molecule has 16 heavy (non-hydrogen) atoms. The number of aryl methyl sites for hydroxylation is 1. The standard InChI is InChI=1S/C11H13BrN4/c1-16-8-6-9(15-16)5-7-13-11-4-2-3-10(12)14-11/h2-4,6,8H,5,7H2,1H3,(H,13,14). The van der Waals surface area contributed by atoms with Gasteiger partial charge in [0.25, 0.3) is 0 Å². The van der Waals surface area contributed by atoms with Gasteiger partial charge in [0, 0.05) is 26.2 Å². The molecule has 2 rings (SSSR count). The maximum atomic E-state index is 4.31. The molecule has 5 heteroatoms. The molecule has 0 aliphatic rings. The van der Waals surface area contributed by atoms with Gasteiger partial charge in [0.15, 0.2) is 0 Å². The molecule has 0 bridgehead atoms. The zero-order chi connectivity index (χ0) is 11.4. The molecule has 0 unspecified atom stereocenters. The zero-order valence-electron chi connectivity index (χ0n) is 9.02. The smallest absolute Gasteiger partial charge is 0.127 e. The highest BCUT2D eigenvalue weighted by Gasteiger charge is 1.98. The second-order valence-electron chi connectivity index (χ2n) is 3.50. The summed E-state index contributed by atoms with van der Waals surface area (Å²) in [5.74, 6) is 0.880. The third-order valence-corrected chi connectivity index (χ3v) is 2.61. The maximum Gasteiger partial charge on any atom is 0.127 e. The Kier molecular flexibility index (Phi) is 3.56. The van der Waals surface area contributed by atoms with Crippen LogP contribution >= 0.6 is 15.9 Å². The van der Waals surface area contributed by atoms with Gasteiger partial charge in [0.2, 0.25) is 0 Å². The van der Waals surface area contributed by atoms with E-state index in [9.17, 15) is 0 Å². The molecule has 0 radical (unpaired) electrons. The summed E-state index contributed by atoms with van der Waals surface area (Å²) < 4.78 is 2.66. The molecule has 0 spiro atoms. The molecule has 0 saturated heterocycles. The predicted octanol–water partition coefficient (Wildman–Crippen LogP) is 2.23. The van der Waals surface area contributed by atoms with Crippen LogP contribution in [0.3, 0.4) is 0 Å². The van der Waals surface area contributed by atoms with Crippen molar-refractivity contribution in [2.45, 2.75) is 6.42 Å². The van der Waals surface area contributed by atoms with E-state index in [0.717, 1.165) is 29.1 Å². The molecular formula is C11H13BrN4. The van der Waals surface area contributed by atoms with Gasteiger partial charge in [-0.05, 0) is 34.1 Å². The number of pyridine rings is 1. The van der Waals surface area contributed by atoms with Crippen molar-refractivity contribution in [2.24, 2.45) is 7.05 Å². The Morgan fingerprint density at radius 3 is 2.94 bits per heavy atom. The van der Waals surface area contributed by atoms with Crippen molar-refractivity contribution in [1.29, 1.82) is 0 Å². The third kappa shape index (κ3) is 3.06. The average molecular weight is 281 g/mol. The van der Waals surface area contributed by atoms with Gasteiger partial charge in [-0.1, -0.05) is 6.07 Å². The van der Waals surface area contributed by atoms with Crippen LogP contribution in [0.5, 0.6) is 0 Å². The van der Waals surface area contributed by atoms with Gasteiger partial charge in [-0.2, -0.15) is 5.10 Å². The van der Waals surface area contributed by atoms with Gasteiger partial charge >= 0.3 is 0 Å². The second kappa shape index (κ2) is 5.12. The normalized spacial score (nSPS) is 10.4. The van der Waals surface area contributed by atoms with Crippen LogP contribution in [0.25, 0.3) is 0 Å². The molecule has 0 aromatic carbocycles. The number of hydrogen-bond donors (Lipinski definition) is 1. The summed E-state index contributed by atoms with van der Waals surface area (Å²) >= 11 is 3.34. The Labute approximate surface area is 103 Å². The Balaban J connectivity index is 1.84. The van der Waals surface area contributed by atoms with E-state index in [4.69, 9.17) is 0 Å². The van der Waals surface area contributed by atoms with E-state index in [1.807, 2.05) is 42.2 Å². The number of anilines is 1. The van der Waals surface area contributed by atoms with Gasteiger partial charge in [-0.15, -0.1) is 0 Å². The van der Waals surface area contributed by atoms with Crippen molar-refractivity contribution in [3.05, 3.63) is 40.8 Å². The molecule has 0 saturated carbocycles. The van der Waals surface area contributed by atoms with Crippen LogP contribution in [0, 0.1) is 0 Å². The summed E-state index contributed by atoms with van der Waals surface area (Å²) in [5, 5.41) is 7.56. The summed E-state index contributed by atoms with van der Waals surface area (Å²) in [7, 11) is 1.92. The van der Waals surface area contributed by atoms with E-state index in [2.05, 4.69) is 31.3 Å². The lowest BCUT2D eigenvalue weighted by atomic mass is 10.3. The second-order valence-corrected chi connectivity index (χ2v) is 4.32. The summed E-state index contributed by atoms with van der Waals surface area (Å²) in [6.07, 6.45) is 2.85. The lowest BCUT2D eigenvalue weighted by Crippen LogP contribution is -2.06. The molecule has 0 aliphatic heterocycles. The number of hydrogen-bond acceptors (Lipinski definition) is 3. The van der Waals surface area contributed by atoms with Crippen molar-refractivity contribution < 1.29 is 0 Å². The van der Waals surface area contributed by atoms with Gasteiger partial charge in [-0.25, -0.2) is 4.98 Å². The number of aromatic nitrogens is 3. The predicted molar refractivity (Wildman–Crippen MR) is 67.3 cm³/mol. The highest BCUT2D eigenvalue weighted by Crippen LogP contribution is 2.09. The number of rotatable bonds is 4. The molecule has 2 aromatic rings. The van der Waals surface area contributed by atoms with Crippen molar-refractivity contribution in [1.82, 2.24) is 14.8 Å². The summed E-state index contributed by atoms with van der Waals surface area (Å²) in [6, 6.07) is 7.84. The molecule has 84 valence electrons. The monoisotopic (exact) mass is 280 g/mol. The first kappa shape index (κ1) is 11.1.